The molecule has 21 heavy (non-hydrogen) atoms. The summed E-state index contributed by atoms with van der Waals surface area (Å²) in [4.78, 5) is 13.1. The van der Waals surface area contributed by atoms with Gasteiger partial charge in [0.1, 0.15) is 10.9 Å². The van der Waals surface area contributed by atoms with Crippen molar-refractivity contribution in [3.05, 3.63) is 34.0 Å². The molecule has 2 rings (SSSR count). The van der Waals surface area contributed by atoms with E-state index >= 15 is 0 Å². The van der Waals surface area contributed by atoms with Gasteiger partial charge in [0.15, 0.2) is 0 Å². The molecule has 0 aliphatic rings. The Morgan fingerprint density at radius 1 is 1.38 bits per heavy atom. The maximum absolute atomic E-state index is 9.46. The Hall–Kier alpha value is -2.00. The molecule has 1 N–H and O–H groups in total. The quantitative estimate of drug-likeness (QED) is 0.886. The van der Waals surface area contributed by atoms with E-state index in [1.54, 1.807) is 12.3 Å². The lowest BCUT2D eigenvalue weighted by atomic mass is 10.1. The van der Waals surface area contributed by atoms with Gasteiger partial charge in [-0.3, -0.25) is 0 Å². The van der Waals surface area contributed by atoms with E-state index in [-0.39, 0.29) is 0 Å². The van der Waals surface area contributed by atoms with Gasteiger partial charge in [0, 0.05) is 18.1 Å². The van der Waals surface area contributed by atoms with Crippen LogP contribution in [0.25, 0.3) is 0 Å². The summed E-state index contributed by atoms with van der Waals surface area (Å²) in [6, 6.07) is 4.07. The molecule has 5 nitrogen and oxygen atoms in total. The van der Waals surface area contributed by atoms with Crippen molar-refractivity contribution in [1.82, 2.24) is 15.0 Å². The third kappa shape index (κ3) is 3.99. The summed E-state index contributed by atoms with van der Waals surface area (Å²) in [6.07, 6.45) is 2.56. The van der Waals surface area contributed by atoms with E-state index in [0.29, 0.717) is 17.6 Å². The minimum Gasteiger partial charge on any atom is -0.354 e. The molecule has 0 aliphatic heterocycles. The van der Waals surface area contributed by atoms with Crippen LogP contribution in [0.1, 0.15) is 43.1 Å². The third-order valence-electron chi connectivity index (χ3n) is 2.95. The number of nitrogens with zero attached hydrogens (tertiary/aromatic N) is 4. The fourth-order valence-corrected chi connectivity index (χ4v) is 2.74. The fourth-order valence-electron chi connectivity index (χ4n) is 1.78. The SMILES string of the molecule is CCc1csc(C(C#N)c2ccnc(NCC(C)C)n2)n1. The molecule has 110 valence electrons. The van der Waals surface area contributed by atoms with Gasteiger partial charge >= 0.3 is 0 Å². The second kappa shape index (κ2) is 7.14. The Kier molecular flexibility index (Phi) is 5.23. The molecule has 0 fully saturated rings. The molecule has 2 aromatic heterocycles. The Labute approximate surface area is 129 Å². The van der Waals surface area contributed by atoms with Crippen molar-refractivity contribution in [2.24, 2.45) is 5.92 Å². The average Bonchev–Trinajstić information content (AvgIpc) is 2.95. The van der Waals surface area contributed by atoms with Crippen molar-refractivity contribution in [3.63, 3.8) is 0 Å². The molecular weight excluding hydrogens is 282 g/mol. The van der Waals surface area contributed by atoms with Crippen LogP contribution in [0.5, 0.6) is 0 Å². The second-order valence-electron chi connectivity index (χ2n) is 5.17. The number of nitrogens with one attached hydrogen (secondary N) is 1. The highest BCUT2D eigenvalue weighted by Crippen LogP contribution is 2.26. The second-order valence-corrected chi connectivity index (χ2v) is 6.06. The van der Waals surface area contributed by atoms with Gasteiger partial charge in [0.25, 0.3) is 0 Å². The first-order valence-electron chi connectivity index (χ1n) is 7.04. The van der Waals surface area contributed by atoms with Crippen LogP contribution < -0.4 is 5.32 Å². The van der Waals surface area contributed by atoms with Gasteiger partial charge in [-0.15, -0.1) is 11.3 Å². The minimum absolute atomic E-state index is 0.433. The standard InChI is InChI=1S/C15H19N5S/c1-4-11-9-21-14(19-11)12(7-16)13-5-6-17-15(20-13)18-8-10(2)3/h5-6,9-10,12H,4,8H2,1-3H3,(H,17,18,20). The Bertz CT molecular complexity index is 629. The van der Waals surface area contributed by atoms with Crippen molar-refractivity contribution < 1.29 is 0 Å². The molecule has 1 unspecified atom stereocenters. The summed E-state index contributed by atoms with van der Waals surface area (Å²) in [5, 5.41) is 15.4. The topological polar surface area (TPSA) is 74.5 Å². The molecule has 0 spiro atoms. The molecule has 0 aromatic carbocycles. The predicted molar refractivity (Wildman–Crippen MR) is 84.3 cm³/mol. The molecule has 0 saturated carbocycles. The first kappa shape index (κ1) is 15.4. The van der Waals surface area contributed by atoms with Crippen LogP contribution >= 0.6 is 11.3 Å². The summed E-state index contributed by atoms with van der Waals surface area (Å²) in [5.41, 5.74) is 1.71. The van der Waals surface area contributed by atoms with Crippen molar-refractivity contribution in [2.45, 2.75) is 33.1 Å². The lowest BCUT2D eigenvalue weighted by Gasteiger charge is -2.10. The largest absolute Gasteiger partial charge is 0.354 e. The maximum atomic E-state index is 9.46. The number of hydrogen-bond acceptors (Lipinski definition) is 6. The lowest BCUT2D eigenvalue weighted by Crippen LogP contribution is -2.12. The number of hydrogen-bond donors (Lipinski definition) is 1. The van der Waals surface area contributed by atoms with Crippen LogP contribution in [-0.4, -0.2) is 21.5 Å². The predicted octanol–water partition coefficient (Wildman–Crippen LogP) is 3.22. The zero-order valence-corrected chi connectivity index (χ0v) is 13.3. The average molecular weight is 301 g/mol. The van der Waals surface area contributed by atoms with Gasteiger partial charge in [-0.2, -0.15) is 5.26 Å². The van der Waals surface area contributed by atoms with Gasteiger partial charge in [0.05, 0.1) is 17.5 Å². The molecule has 0 bridgehead atoms. The fraction of sp³-hybridized carbons (Fsp3) is 0.467. The highest BCUT2D eigenvalue weighted by molar-refractivity contribution is 7.09. The minimum atomic E-state index is -0.433. The monoisotopic (exact) mass is 301 g/mol. The molecular formula is C15H19N5S. The van der Waals surface area contributed by atoms with Crippen LogP contribution in [0.3, 0.4) is 0 Å². The van der Waals surface area contributed by atoms with Crippen molar-refractivity contribution >= 4 is 17.3 Å². The Morgan fingerprint density at radius 3 is 2.81 bits per heavy atom. The van der Waals surface area contributed by atoms with Gasteiger partial charge < -0.3 is 5.32 Å². The van der Waals surface area contributed by atoms with Crippen LogP contribution in [-0.2, 0) is 6.42 Å². The van der Waals surface area contributed by atoms with Crippen molar-refractivity contribution in [2.75, 3.05) is 11.9 Å². The normalized spacial score (nSPS) is 12.1. The number of aromatic nitrogens is 3. The van der Waals surface area contributed by atoms with Crippen LogP contribution in [0.2, 0.25) is 0 Å². The van der Waals surface area contributed by atoms with E-state index in [4.69, 9.17) is 0 Å². The van der Waals surface area contributed by atoms with Crippen LogP contribution in [0.15, 0.2) is 17.6 Å². The van der Waals surface area contributed by atoms with E-state index in [1.165, 1.54) is 11.3 Å². The van der Waals surface area contributed by atoms with E-state index in [2.05, 4.69) is 47.1 Å². The highest BCUT2D eigenvalue weighted by Gasteiger charge is 2.19. The molecule has 1 atom stereocenters. The number of thiazole rings is 1. The van der Waals surface area contributed by atoms with Crippen LogP contribution in [0, 0.1) is 17.2 Å². The van der Waals surface area contributed by atoms with E-state index in [9.17, 15) is 5.26 Å². The summed E-state index contributed by atoms with van der Waals surface area (Å²) in [7, 11) is 0. The Morgan fingerprint density at radius 2 is 2.19 bits per heavy atom. The lowest BCUT2D eigenvalue weighted by molar-refractivity contribution is 0.683. The molecule has 2 heterocycles. The van der Waals surface area contributed by atoms with Crippen molar-refractivity contribution in [1.29, 1.82) is 5.26 Å². The molecule has 0 radical (unpaired) electrons. The smallest absolute Gasteiger partial charge is 0.222 e. The molecule has 2 aromatic rings. The summed E-state index contributed by atoms with van der Waals surface area (Å²) >= 11 is 1.51. The summed E-state index contributed by atoms with van der Waals surface area (Å²) < 4.78 is 0. The van der Waals surface area contributed by atoms with Gasteiger partial charge in [0.2, 0.25) is 5.95 Å². The Balaban J connectivity index is 2.22. The van der Waals surface area contributed by atoms with E-state index < -0.39 is 5.92 Å². The zero-order chi connectivity index (χ0) is 15.2. The number of anilines is 1. The molecule has 0 aliphatic carbocycles. The van der Waals surface area contributed by atoms with Gasteiger partial charge in [-0.05, 0) is 18.4 Å². The molecule has 6 heteroatoms. The maximum Gasteiger partial charge on any atom is 0.222 e. The zero-order valence-electron chi connectivity index (χ0n) is 12.5. The number of rotatable bonds is 6. The number of aryl methyl sites for hydroxylation is 1. The summed E-state index contributed by atoms with van der Waals surface area (Å²) in [6.45, 7) is 7.10. The first-order chi connectivity index (χ1) is 10.1. The van der Waals surface area contributed by atoms with Gasteiger partial charge in [-0.25, -0.2) is 15.0 Å². The summed E-state index contributed by atoms with van der Waals surface area (Å²) in [5.74, 6) is 0.640. The van der Waals surface area contributed by atoms with Gasteiger partial charge in [-0.1, -0.05) is 20.8 Å². The highest BCUT2D eigenvalue weighted by atomic mass is 32.1. The third-order valence-corrected chi connectivity index (χ3v) is 3.91. The first-order valence-corrected chi connectivity index (χ1v) is 7.92. The number of nitriles is 1. The molecule has 0 saturated heterocycles. The van der Waals surface area contributed by atoms with Crippen LogP contribution in [0.4, 0.5) is 5.95 Å². The van der Waals surface area contributed by atoms with E-state index in [0.717, 1.165) is 23.7 Å². The van der Waals surface area contributed by atoms with Crippen molar-refractivity contribution in [3.8, 4) is 6.07 Å². The molecule has 0 amide bonds. The van der Waals surface area contributed by atoms with E-state index in [1.807, 2.05) is 5.38 Å².